The molecule has 0 unspecified atom stereocenters. The Morgan fingerprint density at radius 3 is 2.53 bits per heavy atom. The van der Waals surface area contributed by atoms with E-state index < -0.39 is 8.32 Å². The molecule has 0 fully saturated rings. The lowest BCUT2D eigenvalue weighted by molar-refractivity contribution is 0.152. The van der Waals surface area contributed by atoms with Crippen molar-refractivity contribution in [2.24, 2.45) is 7.05 Å². The zero-order valence-corrected chi connectivity index (χ0v) is 13.2. The van der Waals surface area contributed by atoms with Crippen molar-refractivity contribution < 1.29 is 9.16 Å². The van der Waals surface area contributed by atoms with Crippen LogP contribution in [0.5, 0.6) is 0 Å². The van der Waals surface area contributed by atoms with E-state index in [1.165, 1.54) is 10.9 Å². The molecule has 1 aromatic heterocycles. The second kappa shape index (κ2) is 5.13. The number of aryl methyl sites for hydroxylation is 1. The third-order valence-corrected chi connectivity index (χ3v) is 3.62. The van der Waals surface area contributed by atoms with Gasteiger partial charge in [-0.25, -0.2) is 0 Å². The average Bonchev–Trinajstić information content (AvgIpc) is 2.65. The van der Waals surface area contributed by atoms with E-state index in [0.29, 0.717) is 5.95 Å². The van der Waals surface area contributed by atoms with Gasteiger partial charge in [0, 0.05) is 35.8 Å². The summed E-state index contributed by atoms with van der Waals surface area (Å²) >= 11 is 0. The summed E-state index contributed by atoms with van der Waals surface area (Å²) in [5, 5.41) is 1.21. The van der Waals surface area contributed by atoms with Gasteiger partial charge < -0.3 is 13.7 Å². The fourth-order valence-electron chi connectivity index (χ4n) is 2.05. The molecule has 0 radical (unpaired) electrons. The second-order valence-electron chi connectivity index (χ2n) is 5.59. The summed E-state index contributed by atoms with van der Waals surface area (Å²) in [7, 11) is 2.04. The molecule has 0 aliphatic heterocycles. The van der Waals surface area contributed by atoms with Crippen molar-refractivity contribution in [2.45, 2.75) is 19.6 Å². The maximum Gasteiger partial charge on any atom is 0.265 e. The van der Waals surface area contributed by atoms with Crippen molar-refractivity contribution >= 4 is 25.3 Å². The van der Waals surface area contributed by atoms with Crippen LogP contribution in [0.1, 0.15) is 5.56 Å². The monoisotopic (exact) mass is 275 g/mol. The SMILES string of the molecule is CO/C(=C\c1cn(C)c2ccccc12)O[Si](C)(C)C. The lowest BCUT2D eigenvalue weighted by Crippen LogP contribution is -2.25. The molecule has 3 nitrogen and oxygen atoms in total. The summed E-state index contributed by atoms with van der Waals surface area (Å²) in [5.74, 6) is 0.593. The van der Waals surface area contributed by atoms with E-state index in [1.807, 2.05) is 25.3 Å². The van der Waals surface area contributed by atoms with Gasteiger partial charge in [0.15, 0.2) is 0 Å². The van der Waals surface area contributed by atoms with Crippen molar-refractivity contribution in [1.29, 1.82) is 0 Å². The first-order chi connectivity index (χ1) is 8.90. The Bertz CT molecular complexity index is 608. The minimum absolute atomic E-state index is 0.593. The van der Waals surface area contributed by atoms with Crippen LogP contribution in [-0.2, 0) is 16.2 Å². The molecule has 102 valence electrons. The van der Waals surface area contributed by atoms with Gasteiger partial charge in [0.05, 0.1) is 7.11 Å². The number of aromatic nitrogens is 1. The summed E-state index contributed by atoms with van der Waals surface area (Å²) in [6.07, 6.45) is 4.07. The molecule has 0 bridgehead atoms. The topological polar surface area (TPSA) is 23.4 Å². The van der Waals surface area contributed by atoms with E-state index in [2.05, 4.69) is 42.5 Å². The Hall–Kier alpha value is -1.68. The number of hydrogen-bond donors (Lipinski definition) is 0. The highest BCUT2D eigenvalue weighted by atomic mass is 28.4. The van der Waals surface area contributed by atoms with Crippen LogP contribution in [0.4, 0.5) is 0 Å². The fourth-order valence-corrected chi connectivity index (χ4v) is 2.79. The lowest BCUT2D eigenvalue weighted by Gasteiger charge is -2.20. The Morgan fingerprint density at radius 2 is 1.89 bits per heavy atom. The fraction of sp³-hybridized carbons (Fsp3) is 0.333. The molecule has 1 heterocycles. The van der Waals surface area contributed by atoms with Crippen molar-refractivity contribution in [1.82, 2.24) is 4.57 Å². The maximum atomic E-state index is 5.92. The Balaban J connectivity index is 2.44. The van der Waals surface area contributed by atoms with E-state index in [1.54, 1.807) is 7.11 Å². The first-order valence-corrected chi connectivity index (χ1v) is 9.80. The van der Waals surface area contributed by atoms with E-state index >= 15 is 0 Å². The van der Waals surface area contributed by atoms with Crippen molar-refractivity contribution in [2.75, 3.05) is 7.11 Å². The second-order valence-corrected chi connectivity index (χ2v) is 10.0. The number of ether oxygens (including phenoxy) is 1. The largest absolute Gasteiger partial charge is 0.520 e. The minimum atomic E-state index is -1.66. The van der Waals surface area contributed by atoms with E-state index in [0.717, 1.165) is 5.56 Å². The van der Waals surface area contributed by atoms with E-state index in [-0.39, 0.29) is 0 Å². The van der Waals surface area contributed by atoms with Gasteiger partial charge >= 0.3 is 0 Å². The number of nitrogens with zero attached hydrogens (tertiary/aromatic N) is 1. The van der Waals surface area contributed by atoms with Gasteiger partial charge in [0.1, 0.15) is 0 Å². The number of para-hydroxylation sites is 1. The number of rotatable bonds is 4. The number of fused-ring (bicyclic) bond motifs is 1. The van der Waals surface area contributed by atoms with Crippen LogP contribution < -0.4 is 0 Å². The first kappa shape index (κ1) is 13.7. The summed E-state index contributed by atoms with van der Waals surface area (Å²) in [5.41, 5.74) is 2.32. The van der Waals surface area contributed by atoms with Crippen LogP contribution >= 0.6 is 0 Å². The molecule has 1 aromatic carbocycles. The quantitative estimate of drug-likeness (QED) is 0.622. The third kappa shape index (κ3) is 3.20. The molecule has 0 spiro atoms. The Morgan fingerprint density at radius 1 is 1.21 bits per heavy atom. The summed E-state index contributed by atoms with van der Waals surface area (Å²) in [6.45, 7) is 6.43. The Kier molecular flexibility index (Phi) is 3.71. The van der Waals surface area contributed by atoms with Crippen molar-refractivity contribution in [3.8, 4) is 0 Å². The average molecular weight is 275 g/mol. The van der Waals surface area contributed by atoms with Gasteiger partial charge in [-0.1, -0.05) is 18.2 Å². The predicted octanol–water partition coefficient (Wildman–Crippen LogP) is 3.97. The molecular formula is C15H21NO2Si. The first-order valence-electron chi connectivity index (χ1n) is 6.39. The number of hydrogen-bond acceptors (Lipinski definition) is 2. The van der Waals surface area contributed by atoms with Crippen LogP contribution in [0.3, 0.4) is 0 Å². The van der Waals surface area contributed by atoms with Gasteiger partial charge in [-0.15, -0.1) is 0 Å². The normalized spacial score (nSPS) is 12.8. The molecule has 0 atom stereocenters. The molecule has 0 amide bonds. The van der Waals surface area contributed by atoms with Gasteiger partial charge in [-0.2, -0.15) is 0 Å². The predicted molar refractivity (Wildman–Crippen MR) is 82.3 cm³/mol. The summed E-state index contributed by atoms with van der Waals surface area (Å²) in [4.78, 5) is 0. The molecule has 0 saturated heterocycles. The Labute approximate surface area is 115 Å². The summed E-state index contributed by atoms with van der Waals surface area (Å²) in [6, 6.07) is 8.32. The smallest absolute Gasteiger partial charge is 0.265 e. The zero-order chi connectivity index (χ0) is 14.0. The highest BCUT2D eigenvalue weighted by Crippen LogP contribution is 2.24. The molecule has 2 aromatic rings. The molecule has 4 heteroatoms. The van der Waals surface area contributed by atoms with Crippen LogP contribution in [0, 0.1) is 0 Å². The molecular weight excluding hydrogens is 254 g/mol. The summed E-state index contributed by atoms with van der Waals surface area (Å²) < 4.78 is 13.4. The third-order valence-electron chi connectivity index (χ3n) is 2.81. The molecule has 0 saturated carbocycles. The van der Waals surface area contributed by atoms with Crippen LogP contribution in [-0.4, -0.2) is 20.0 Å². The van der Waals surface area contributed by atoms with E-state index in [9.17, 15) is 0 Å². The van der Waals surface area contributed by atoms with Gasteiger partial charge in [-0.05, 0) is 25.7 Å². The minimum Gasteiger partial charge on any atom is -0.520 e. The van der Waals surface area contributed by atoms with Crippen LogP contribution in [0.2, 0.25) is 19.6 Å². The van der Waals surface area contributed by atoms with E-state index in [4.69, 9.17) is 9.16 Å². The van der Waals surface area contributed by atoms with Crippen LogP contribution in [0.25, 0.3) is 17.0 Å². The van der Waals surface area contributed by atoms with Gasteiger partial charge in [-0.3, -0.25) is 0 Å². The molecule has 0 N–H and O–H groups in total. The molecule has 19 heavy (non-hydrogen) atoms. The highest BCUT2D eigenvalue weighted by molar-refractivity contribution is 6.70. The number of benzene rings is 1. The molecule has 0 aliphatic rings. The highest BCUT2D eigenvalue weighted by Gasteiger charge is 2.18. The lowest BCUT2D eigenvalue weighted by atomic mass is 10.2. The van der Waals surface area contributed by atoms with Gasteiger partial charge in [0.2, 0.25) is 8.32 Å². The maximum absolute atomic E-state index is 5.92. The van der Waals surface area contributed by atoms with Crippen molar-refractivity contribution in [3.05, 3.63) is 42.0 Å². The standard InChI is InChI=1S/C15H21NO2Si/c1-16-11-12(13-8-6-7-9-14(13)16)10-15(17-2)18-19(3,4)5/h6-11H,1-5H3/b15-10+. The molecule has 2 rings (SSSR count). The van der Waals surface area contributed by atoms with Crippen LogP contribution in [0.15, 0.2) is 36.4 Å². The zero-order valence-electron chi connectivity index (χ0n) is 12.2. The number of methoxy groups -OCH3 is 1. The van der Waals surface area contributed by atoms with Gasteiger partial charge in [0.25, 0.3) is 5.95 Å². The molecule has 0 aliphatic carbocycles. The van der Waals surface area contributed by atoms with Crippen molar-refractivity contribution in [3.63, 3.8) is 0 Å².